The number of aromatic nitrogens is 2. The standard InChI is InChI=1S/C21H23ClN4O3/c22-16-5-1-4-8-19(16)29-14-13-24-9-11-25(12-10-24)20(27)15-26-18-7-3-2-6-17(18)23-21(26)28/h1-8H,9-15H2,(H,23,28). The highest BCUT2D eigenvalue weighted by atomic mass is 35.5. The van der Waals surface area contributed by atoms with Crippen molar-refractivity contribution in [3.05, 3.63) is 64.0 Å². The van der Waals surface area contributed by atoms with Crippen LogP contribution in [0, 0.1) is 0 Å². The Morgan fingerprint density at radius 3 is 2.55 bits per heavy atom. The molecular weight excluding hydrogens is 392 g/mol. The summed E-state index contributed by atoms with van der Waals surface area (Å²) in [5.41, 5.74) is 1.24. The van der Waals surface area contributed by atoms with Crippen LogP contribution in [0.4, 0.5) is 0 Å². The van der Waals surface area contributed by atoms with Crippen molar-refractivity contribution in [3.8, 4) is 5.75 Å². The van der Waals surface area contributed by atoms with Crippen molar-refractivity contribution in [1.29, 1.82) is 0 Å². The van der Waals surface area contributed by atoms with Crippen LogP contribution in [0.15, 0.2) is 53.3 Å². The SMILES string of the molecule is O=C(Cn1c(=O)[nH]c2ccccc21)N1CCN(CCOc2ccccc2Cl)CC1. The van der Waals surface area contributed by atoms with E-state index in [-0.39, 0.29) is 18.1 Å². The zero-order valence-electron chi connectivity index (χ0n) is 16.0. The zero-order chi connectivity index (χ0) is 20.2. The number of carbonyl (C=O) groups excluding carboxylic acids is 1. The minimum atomic E-state index is -0.255. The number of carbonyl (C=O) groups is 1. The molecule has 2 aromatic carbocycles. The predicted octanol–water partition coefficient (Wildman–Crippen LogP) is 2.21. The molecule has 152 valence electrons. The fourth-order valence-corrected chi connectivity index (χ4v) is 3.76. The molecule has 0 unspecified atom stereocenters. The number of halogens is 1. The topological polar surface area (TPSA) is 70.6 Å². The molecule has 1 N–H and O–H groups in total. The number of nitrogens with one attached hydrogen (secondary N) is 1. The molecule has 1 saturated heterocycles. The number of piperazine rings is 1. The van der Waals surface area contributed by atoms with Gasteiger partial charge in [0.2, 0.25) is 5.91 Å². The maximum atomic E-state index is 12.7. The fraction of sp³-hybridized carbons (Fsp3) is 0.333. The summed E-state index contributed by atoms with van der Waals surface area (Å²) in [6.45, 7) is 4.21. The van der Waals surface area contributed by atoms with Crippen LogP contribution in [0.5, 0.6) is 5.75 Å². The van der Waals surface area contributed by atoms with Crippen LogP contribution in [0.25, 0.3) is 11.0 Å². The fourth-order valence-electron chi connectivity index (χ4n) is 3.57. The molecule has 7 nitrogen and oxygen atoms in total. The van der Waals surface area contributed by atoms with Crippen LogP contribution in [-0.4, -0.2) is 64.6 Å². The Kier molecular flexibility index (Phi) is 5.87. The highest BCUT2D eigenvalue weighted by Crippen LogP contribution is 2.22. The minimum Gasteiger partial charge on any atom is -0.491 e. The van der Waals surface area contributed by atoms with E-state index < -0.39 is 0 Å². The average molecular weight is 415 g/mol. The molecule has 1 aromatic heterocycles. The normalized spacial score (nSPS) is 15.0. The monoisotopic (exact) mass is 414 g/mol. The number of benzene rings is 2. The first-order valence-electron chi connectivity index (χ1n) is 9.67. The number of imidazole rings is 1. The highest BCUT2D eigenvalue weighted by Gasteiger charge is 2.22. The lowest BCUT2D eigenvalue weighted by atomic mass is 10.3. The quantitative estimate of drug-likeness (QED) is 0.671. The summed E-state index contributed by atoms with van der Waals surface area (Å²) in [4.78, 5) is 31.7. The van der Waals surface area contributed by atoms with Gasteiger partial charge in [0.15, 0.2) is 0 Å². The van der Waals surface area contributed by atoms with Crippen molar-refractivity contribution in [2.24, 2.45) is 0 Å². The summed E-state index contributed by atoms with van der Waals surface area (Å²) in [5.74, 6) is 0.649. The van der Waals surface area contributed by atoms with E-state index in [2.05, 4.69) is 9.88 Å². The Morgan fingerprint density at radius 1 is 1.03 bits per heavy atom. The van der Waals surface area contributed by atoms with Crippen molar-refractivity contribution in [3.63, 3.8) is 0 Å². The van der Waals surface area contributed by atoms with Crippen molar-refractivity contribution in [2.75, 3.05) is 39.3 Å². The summed E-state index contributed by atoms with van der Waals surface area (Å²) < 4.78 is 7.24. The second kappa shape index (κ2) is 8.71. The molecule has 0 aliphatic carbocycles. The van der Waals surface area contributed by atoms with Gasteiger partial charge in [0.1, 0.15) is 18.9 Å². The van der Waals surface area contributed by atoms with Crippen molar-refractivity contribution in [1.82, 2.24) is 19.4 Å². The summed E-state index contributed by atoms with van der Waals surface area (Å²) in [6.07, 6.45) is 0. The molecule has 1 fully saturated rings. The van der Waals surface area contributed by atoms with Gasteiger partial charge in [-0.2, -0.15) is 0 Å². The molecule has 0 atom stereocenters. The van der Waals surface area contributed by atoms with E-state index in [9.17, 15) is 9.59 Å². The minimum absolute atomic E-state index is 0.0381. The van der Waals surface area contributed by atoms with E-state index in [1.54, 1.807) is 6.07 Å². The lowest BCUT2D eigenvalue weighted by Crippen LogP contribution is -2.50. The van der Waals surface area contributed by atoms with Gasteiger partial charge < -0.3 is 14.6 Å². The van der Waals surface area contributed by atoms with E-state index in [0.717, 1.165) is 30.7 Å². The van der Waals surface area contributed by atoms with E-state index in [1.165, 1.54) is 4.57 Å². The van der Waals surface area contributed by atoms with Crippen LogP contribution in [0.3, 0.4) is 0 Å². The molecule has 0 saturated carbocycles. The zero-order valence-corrected chi connectivity index (χ0v) is 16.8. The second-order valence-corrected chi connectivity index (χ2v) is 7.44. The number of para-hydroxylation sites is 3. The Morgan fingerprint density at radius 2 is 1.76 bits per heavy atom. The van der Waals surface area contributed by atoms with Crippen LogP contribution >= 0.6 is 11.6 Å². The molecular formula is C21H23ClN4O3. The van der Waals surface area contributed by atoms with Crippen molar-refractivity contribution < 1.29 is 9.53 Å². The predicted molar refractivity (Wildman–Crippen MR) is 113 cm³/mol. The first kappa shape index (κ1) is 19.5. The molecule has 0 spiro atoms. The maximum Gasteiger partial charge on any atom is 0.326 e. The van der Waals surface area contributed by atoms with E-state index in [0.29, 0.717) is 30.5 Å². The van der Waals surface area contributed by atoms with Gasteiger partial charge in [-0.15, -0.1) is 0 Å². The summed E-state index contributed by atoms with van der Waals surface area (Å²) >= 11 is 6.10. The third-order valence-corrected chi connectivity index (χ3v) is 5.51. The molecule has 4 rings (SSSR count). The van der Waals surface area contributed by atoms with Gasteiger partial charge in [0, 0.05) is 32.7 Å². The molecule has 29 heavy (non-hydrogen) atoms. The van der Waals surface area contributed by atoms with Crippen LogP contribution in [0.1, 0.15) is 0 Å². The number of amides is 1. The van der Waals surface area contributed by atoms with Crippen molar-refractivity contribution in [2.45, 2.75) is 6.54 Å². The van der Waals surface area contributed by atoms with Gasteiger partial charge in [0.25, 0.3) is 0 Å². The number of hydrogen-bond donors (Lipinski definition) is 1. The van der Waals surface area contributed by atoms with Gasteiger partial charge in [0.05, 0.1) is 16.1 Å². The number of nitrogens with zero attached hydrogens (tertiary/aromatic N) is 3. The maximum absolute atomic E-state index is 12.7. The molecule has 3 aromatic rings. The average Bonchev–Trinajstić information content (AvgIpc) is 3.05. The third kappa shape index (κ3) is 4.46. The molecule has 1 amide bonds. The number of fused-ring (bicyclic) bond motifs is 1. The Labute approximate surface area is 173 Å². The van der Waals surface area contributed by atoms with Gasteiger partial charge in [-0.1, -0.05) is 35.9 Å². The molecule has 8 heteroatoms. The largest absolute Gasteiger partial charge is 0.491 e. The summed E-state index contributed by atoms with van der Waals surface area (Å²) in [7, 11) is 0. The molecule has 1 aliphatic rings. The Balaban J connectivity index is 1.27. The third-order valence-electron chi connectivity index (χ3n) is 5.20. The number of hydrogen-bond acceptors (Lipinski definition) is 4. The molecule has 0 radical (unpaired) electrons. The second-order valence-electron chi connectivity index (χ2n) is 7.03. The van der Waals surface area contributed by atoms with Gasteiger partial charge in [-0.25, -0.2) is 4.79 Å². The van der Waals surface area contributed by atoms with Crippen LogP contribution in [0.2, 0.25) is 5.02 Å². The first-order valence-corrected chi connectivity index (χ1v) is 10.0. The Bertz CT molecular complexity index is 1050. The number of H-pyrrole nitrogens is 1. The lowest BCUT2D eigenvalue weighted by molar-refractivity contribution is -0.133. The van der Waals surface area contributed by atoms with E-state index in [1.807, 2.05) is 47.4 Å². The summed E-state index contributed by atoms with van der Waals surface area (Å²) in [5, 5.41) is 0.607. The van der Waals surface area contributed by atoms with Gasteiger partial charge in [-0.3, -0.25) is 14.3 Å². The van der Waals surface area contributed by atoms with Gasteiger partial charge >= 0.3 is 5.69 Å². The molecule has 2 heterocycles. The summed E-state index contributed by atoms with van der Waals surface area (Å²) in [6, 6.07) is 14.8. The number of ether oxygens (including phenoxy) is 1. The first-order chi connectivity index (χ1) is 14.1. The lowest BCUT2D eigenvalue weighted by Gasteiger charge is -2.34. The Hall–Kier alpha value is -2.77. The number of rotatable bonds is 6. The van der Waals surface area contributed by atoms with Crippen LogP contribution < -0.4 is 10.4 Å². The van der Waals surface area contributed by atoms with E-state index >= 15 is 0 Å². The van der Waals surface area contributed by atoms with Crippen LogP contribution in [-0.2, 0) is 11.3 Å². The number of aromatic amines is 1. The smallest absolute Gasteiger partial charge is 0.326 e. The van der Waals surface area contributed by atoms with Gasteiger partial charge in [-0.05, 0) is 24.3 Å². The van der Waals surface area contributed by atoms with E-state index in [4.69, 9.17) is 16.3 Å². The van der Waals surface area contributed by atoms with Crippen molar-refractivity contribution >= 4 is 28.5 Å². The highest BCUT2D eigenvalue weighted by molar-refractivity contribution is 6.32. The molecule has 1 aliphatic heterocycles. The molecule has 0 bridgehead atoms.